The van der Waals surface area contributed by atoms with E-state index in [1.165, 1.54) is 0 Å². The van der Waals surface area contributed by atoms with Gasteiger partial charge in [-0.05, 0) is 19.8 Å². The van der Waals surface area contributed by atoms with Gasteiger partial charge < -0.3 is 15.7 Å². The van der Waals surface area contributed by atoms with Crippen molar-refractivity contribution in [3.8, 4) is 0 Å². The second kappa shape index (κ2) is 7.23. The van der Waals surface area contributed by atoms with Crippen LogP contribution < -0.4 is 10.6 Å². The van der Waals surface area contributed by atoms with E-state index in [0.717, 1.165) is 6.42 Å². The molecule has 2 amide bonds. The van der Waals surface area contributed by atoms with Crippen molar-refractivity contribution in [2.45, 2.75) is 45.7 Å². The standard InChI is InChI=1S/C10H20N2O3/c1-4-7(3)11-9(14)10(15)12-8(5-2)6-13/h7-8,13H,4-6H2,1-3H3,(H,11,14)(H,12,15)/t7-,8+/m1/s1. The molecule has 0 radical (unpaired) electrons. The molecule has 2 atom stereocenters. The normalized spacial score (nSPS) is 14.1. The van der Waals surface area contributed by atoms with Crippen LogP contribution in [0.4, 0.5) is 0 Å². The van der Waals surface area contributed by atoms with E-state index in [1.807, 2.05) is 20.8 Å². The fraction of sp³-hybridized carbons (Fsp3) is 0.800. The maximum atomic E-state index is 11.3. The molecule has 0 aliphatic heterocycles. The minimum absolute atomic E-state index is 0.0162. The molecule has 0 spiro atoms. The molecule has 0 unspecified atom stereocenters. The minimum Gasteiger partial charge on any atom is -0.394 e. The third-order valence-corrected chi connectivity index (χ3v) is 2.24. The molecule has 0 bridgehead atoms. The predicted octanol–water partition coefficient (Wildman–Crippen LogP) is -0.212. The Balaban J connectivity index is 4.04. The number of carbonyl (C=O) groups is 2. The molecule has 0 saturated carbocycles. The molecule has 0 heterocycles. The van der Waals surface area contributed by atoms with Crippen molar-refractivity contribution < 1.29 is 14.7 Å². The van der Waals surface area contributed by atoms with Crippen molar-refractivity contribution in [3.05, 3.63) is 0 Å². The molecule has 0 fully saturated rings. The third kappa shape index (κ3) is 5.37. The van der Waals surface area contributed by atoms with Crippen LogP contribution in [-0.4, -0.2) is 35.6 Å². The molecule has 88 valence electrons. The largest absolute Gasteiger partial charge is 0.394 e. The molecular formula is C10H20N2O3. The lowest BCUT2D eigenvalue weighted by molar-refractivity contribution is -0.140. The topological polar surface area (TPSA) is 78.4 Å². The Hall–Kier alpha value is -1.10. The third-order valence-electron chi connectivity index (χ3n) is 2.24. The minimum atomic E-state index is -0.684. The molecule has 0 aromatic heterocycles. The highest BCUT2D eigenvalue weighted by Crippen LogP contribution is 1.90. The first-order chi connectivity index (χ1) is 7.04. The number of hydrogen-bond acceptors (Lipinski definition) is 3. The first kappa shape index (κ1) is 13.9. The average molecular weight is 216 g/mol. The molecule has 0 aromatic rings. The number of rotatable bonds is 5. The summed E-state index contributed by atoms with van der Waals surface area (Å²) in [6.45, 7) is 5.42. The Bertz CT molecular complexity index is 215. The summed E-state index contributed by atoms with van der Waals surface area (Å²) in [4.78, 5) is 22.6. The van der Waals surface area contributed by atoms with Gasteiger partial charge in [0.25, 0.3) is 0 Å². The number of aliphatic hydroxyl groups excluding tert-OH is 1. The van der Waals surface area contributed by atoms with Gasteiger partial charge in [0.1, 0.15) is 0 Å². The predicted molar refractivity (Wildman–Crippen MR) is 57.2 cm³/mol. The number of carbonyl (C=O) groups excluding carboxylic acids is 2. The highest BCUT2D eigenvalue weighted by molar-refractivity contribution is 6.35. The van der Waals surface area contributed by atoms with E-state index in [0.29, 0.717) is 6.42 Å². The molecule has 15 heavy (non-hydrogen) atoms. The lowest BCUT2D eigenvalue weighted by atomic mass is 10.2. The maximum absolute atomic E-state index is 11.3. The van der Waals surface area contributed by atoms with E-state index >= 15 is 0 Å². The van der Waals surface area contributed by atoms with E-state index in [4.69, 9.17) is 5.11 Å². The van der Waals surface area contributed by atoms with E-state index in [2.05, 4.69) is 10.6 Å². The van der Waals surface area contributed by atoms with Gasteiger partial charge in [-0.2, -0.15) is 0 Å². The summed E-state index contributed by atoms with van der Waals surface area (Å²) in [6, 6.07) is -0.363. The molecular weight excluding hydrogens is 196 g/mol. The van der Waals surface area contributed by atoms with Gasteiger partial charge in [0.05, 0.1) is 12.6 Å². The summed E-state index contributed by atoms with van der Waals surface area (Å²) >= 11 is 0. The first-order valence-corrected chi connectivity index (χ1v) is 5.27. The fourth-order valence-electron chi connectivity index (χ4n) is 0.919. The van der Waals surface area contributed by atoms with Crippen LogP contribution in [0.2, 0.25) is 0 Å². The Labute approximate surface area is 90.2 Å². The van der Waals surface area contributed by atoms with Crippen LogP contribution in [0.3, 0.4) is 0 Å². The molecule has 0 aliphatic rings. The Morgan fingerprint density at radius 3 is 2.07 bits per heavy atom. The van der Waals surface area contributed by atoms with Crippen molar-refractivity contribution in [1.82, 2.24) is 10.6 Å². The van der Waals surface area contributed by atoms with Gasteiger partial charge in [0, 0.05) is 6.04 Å². The van der Waals surface area contributed by atoms with Crippen molar-refractivity contribution in [3.63, 3.8) is 0 Å². The Morgan fingerprint density at radius 1 is 1.13 bits per heavy atom. The maximum Gasteiger partial charge on any atom is 0.309 e. The van der Waals surface area contributed by atoms with Crippen LogP contribution in [-0.2, 0) is 9.59 Å². The van der Waals surface area contributed by atoms with Gasteiger partial charge in [-0.25, -0.2) is 0 Å². The second-order valence-electron chi connectivity index (χ2n) is 3.54. The summed E-state index contributed by atoms with van der Waals surface area (Å²) < 4.78 is 0. The number of hydrogen-bond donors (Lipinski definition) is 3. The van der Waals surface area contributed by atoms with Crippen LogP contribution in [0.1, 0.15) is 33.6 Å². The molecule has 5 nitrogen and oxygen atoms in total. The SMILES string of the molecule is CC[C@@H](CO)NC(=O)C(=O)N[C@H](C)CC. The van der Waals surface area contributed by atoms with Gasteiger partial charge in [0.2, 0.25) is 0 Å². The van der Waals surface area contributed by atoms with E-state index < -0.39 is 11.8 Å². The zero-order chi connectivity index (χ0) is 11.8. The Kier molecular flexibility index (Phi) is 6.70. The first-order valence-electron chi connectivity index (χ1n) is 5.27. The number of amides is 2. The van der Waals surface area contributed by atoms with Gasteiger partial charge >= 0.3 is 11.8 Å². The summed E-state index contributed by atoms with van der Waals surface area (Å²) in [7, 11) is 0. The van der Waals surface area contributed by atoms with Crippen molar-refractivity contribution in [2.24, 2.45) is 0 Å². The van der Waals surface area contributed by atoms with E-state index in [1.54, 1.807) is 0 Å². The quantitative estimate of drug-likeness (QED) is 0.556. The van der Waals surface area contributed by atoms with E-state index in [9.17, 15) is 9.59 Å². The average Bonchev–Trinajstić information content (AvgIpc) is 2.24. The molecule has 0 aromatic carbocycles. The van der Waals surface area contributed by atoms with Crippen LogP contribution in [0.25, 0.3) is 0 Å². The van der Waals surface area contributed by atoms with Crippen LogP contribution in [0, 0.1) is 0 Å². The lowest BCUT2D eigenvalue weighted by Gasteiger charge is -2.15. The number of nitrogens with one attached hydrogen (secondary N) is 2. The Morgan fingerprint density at radius 2 is 1.67 bits per heavy atom. The molecule has 0 aliphatic carbocycles. The summed E-state index contributed by atoms with van der Waals surface area (Å²) in [5.41, 5.74) is 0. The van der Waals surface area contributed by atoms with Crippen molar-refractivity contribution >= 4 is 11.8 Å². The molecule has 0 saturated heterocycles. The molecule has 3 N–H and O–H groups in total. The summed E-state index contributed by atoms with van der Waals surface area (Å²) in [5.74, 6) is -1.33. The second-order valence-corrected chi connectivity index (χ2v) is 3.54. The lowest BCUT2D eigenvalue weighted by Crippen LogP contribution is -2.47. The van der Waals surface area contributed by atoms with Gasteiger partial charge in [-0.3, -0.25) is 9.59 Å². The highest BCUT2D eigenvalue weighted by Gasteiger charge is 2.17. The van der Waals surface area contributed by atoms with Gasteiger partial charge in [-0.15, -0.1) is 0 Å². The van der Waals surface area contributed by atoms with Gasteiger partial charge in [-0.1, -0.05) is 13.8 Å². The molecule has 5 heteroatoms. The summed E-state index contributed by atoms with van der Waals surface area (Å²) in [6.07, 6.45) is 1.37. The van der Waals surface area contributed by atoms with Crippen LogP contribution in [0.5, 0.6) is 0 Å². The summed E-state index contributed by atoms with van der Waals surface area (Å²) in [5, 5.41) is 13.8. The number of aliphatic hydroxyl groups is 1. The van der Waals surface area contributed by atoms with Crippen molar-refractivity contribution in [1.29, 1.82) is 0 Å². The van der Waals surface area contributed by atoms with Crippen LogP contribution >= 0.6 is 0 Å². The van der Waals surface area contributed by atoms with Gasteiger partial charge in [0.15, 0.2) is 0 Å². The van der Waals surface area contributed by atoms with Crippen molar-refractivity contribution in [2.75, 3.05) is 6.61 Å². The monoisotopic (exact) mass is 216 g/mol. The zero-order valence-electron chi connectivity index (χ0n) is 9.54. The van der Waals surface area contributed by atoms with Crippen LogP contribution in [0.15, 0.2) is 0 Å². The smallest absolute Gasteiger partial charge is 0.309 e. The van der Waals surface area contributed by atoms with E-state index in [-0.39, 0.29) is 18.7 Å². The highest BCUT2D eigenvalue weighted by atomic mass is 16.3. The fourth-order valence-corrected chi connectivity index (χ4v) is 0.919. The molecule has 0 rings (SSSR count). The zero-order valence-corrected chi connectivity index (χ0v) is 9.54.